The molecule has 0 spiro atoms. The smallest absolute Gasteiger partial charge is 0.0409 e. The molecule has 0 aromatic carbocycles. The monoisotopic (exact) mass is 189 g/mol. The van der Waals surface area contributed by atoms with E-state index in [9.17, 15) is 0 Å². The van der Waals surface area contributed by atoms with Crippen molar-refractivity contribution in [1.29, 1.82) is 0 Å². The highest BCUT2D eigenvalue weighted by atomic mass is 35.5. The lowest BCUT2D eigenvalue weighted by atomic mass is 10.0. The van der Waals surface area contributed by atoms with Crippen LogP contribution >= 0.6 is 23.1 Å². The molecule has 1 rings (SSSR count). The van der Waals surface area contributed by atoms with Gasteiger partial charge in [0.15, 0.2) is 0 Å². The molecule has 1 atom stereocenters. The Hall–Kier alpha value is -0.0800. The van der Waals surface area contributed by atoms with Gasteiger partial charge in [0.1, 0.15) is 0 Å². The van der Waals surface area contributed by atoms with Crippen LogP contribution in [0.5, 0.6) is 0 Å². The third-order valence-corrected chi connectivity index (χ3v) is 2.98. The Morgan fingerprint density at radius 1 is 1.73 bits per heavy atom. The molecule has 11 heavy (non-hydrogen) atoms. The van der Waals surface area contributed by atoms with E-state index in [0.717, 1.165) is 18.7 Å². The number of halogens is 1. The normalized spacial score (nSPS) is 13.3. The number of hydrogen-bond acceptors (Lipinski definition) is 2. The van der Waals surface area contributed by atoms with Gasteiger partial charge >= 0.3 is 0 Å². The summed E-state index contributed by atoms with van der Waals surface area (Å²) in [6, 6.07) is 2.07. The van der Waals surface area contributed by atoms with Crippen molar-refractivity contribution in [1.82, 2.24) is 4.37 Å². The van der Waals surface area contributed by atoms with E-state index >= 15 is 0 Å². The highest BCUT2D eigenvalue weighted by Crippen LogP contribution is 2.15. The van der Waals surface area contributed by atoms with E-state index in [2.05, 4.69) is 17.4 Å². The van der Waals surface area contributed by atoms with Crippen LogP contribution in [0, 0.1) is 5.92 Å². The van der Waals surface area contributed by atoms with E-state index in [0.29, 0.717) is 5.92 Å². The second kappa shape index (κ2) is 4.73. The fourth-order valence-corrected chi connectivity index (χ4v) is 1.96. The standard InChI is InChI=1S/C8H12ClNS/c1-2-7(6-9)5-8-3-4-10-11-8/h3-4,7H,2,5-6H2,1H3. The maximum absolute atomic E-state index is 5.77. The molecule has 3 heteroatoms. The molecule has 0 aliphatic heterocycles. The summed E-state index contributed by atoms with van der Waals surface area (Å²) in [5.41, 5.74) is 0. The molecule has 1 heterocycles. The van der Waals surface area contributed by atoms with Crippen LogP contribution < -0.4 is 0 Å². The van der Waals surface area contributed by atoms with Crippen LogP contribution in [0.1, 0.15) is 18.2 Å². The lowest BCUT2D eigenvalue weighted by Gasteiger charge is -2.07. The predicted molar refractivity (Wildman–Crippen MR) is 50.3 cm³/mol. The van der Waals surface area contributed by atoms with Crippen molar-refractivity contribution in [2.24, 2.45) is 5.92 Å². The lowest BCUT2D eigenvalue weighted by molar-refractivity contribution is 0.571. The first-order valence-electron chi connectivity index (χ1n) is 3.82. The Morgan fingerprint density at radius 3 is 3.00 bits per heavy atom. The summed E-state index contributed by atoms with van der Waals surface area (Å²) in [6.45, 7) is 2.17. The fraction of sp³-hybridized carbons (Fsp3) is 0.625. The maximum atomic E-state index is 5.77. The van der Waals surface area contributed by atoms with Crippen LogP contribution in [0.4, 0.5) is 0 Å². The predicted octanol–water partition coefficient (Wildman–Crippen LogP) is 2.95. The molecule has 0 amide bonds. The Labute approximate surface area is 76.6 Å². The van der Waals surface area contributed by atoms with Crippen molar-refractivity contribution >= 4 is 23.1 Å². The van der Waals surface area contributed by atoms with E-state index in [1.165, 1.54) is 4.88 Å². The zero-order valence-electron chi connectivity index (χ0n) is 6.59. The number of nitrogens with zero attached hydrogens (tertiary/aromatic N) is 1. The molecule has 0 N–H and O–H groups in total. The van der Waals surface area contributed by atoms with Crippen molar-refractivity contribution in [3.8, 4) is 0 Å². The van der Waals surface area contributed by atoms with Crippen LogP contribution in [0.25, 0.3) is 0 Å². The van der Waals surface area contributed by atoms with Crippen molar-refractivity contribution in [2.75, 3.05) is 5.88 Å². The average Bonchev–Trinajstić information content (AvgIpc) is 2.52. The Kier molecular flexibility index (Phi) is 3.87. The topological polar surface area (TPSA) is 12.9 Å². The highest BCUT2D eigenvalue weighted by Gasteiger charge is 2.06. The molecule has 1 aromatic heterocycles. The molecule has 0 saturated heterocycles. The van der Waals surface area contributed by atoms with E-state index in [1.807, 2.05) is 6.20 Å². The molecule has 0 saturated carbocycles. The summed E-state index contributed by atoms with van der Waals surface area (Å²) in [5, 5.41) is 0. The van der Waals surface area contributed by atoms with Crippen molar-refractivity contribution < 1.29 is 0 Å². The first-order chi connectivity index (χ1) is 5.36. The molecule has 0 aliphatic carbocycles. The molecular weight excluding hydrogens is 178 g/mol. The Bertz CT molecular complexity index is 182. The van der Waals surface area contributed by atoms with Crippen LogP contribution in [0.15, 0.2) is 12.3 Å². The molecule has 0 aliphatic rings. The van der Waals surface area contributed by atoms with Crippen LogP contribution in [0.3, 0.4) is 0 Å². The zero-order valence-corrected chi connectivity index (χ0v) is 8.16. The van der Waals surface area contributed by atoms with Gasteiger partial charge in [-0.15, -0.1) is 11.6 Å². The second-order valence-electron chi connectivity index (χ2n) is 2.61. The Morgan fingerprint density at radius 2 is 2.55 bits per heavy atom. The third kappa shape index (κ3) is 2.80. The van der Waals surface area contributed by atoms with Gasteiger partial charge in [0.25, 0.3) is 0 Å². The average molecular weight is 190 g/mol. The van der Waals surface area contributed by atoms with Crippen LogP contribution in [0.2, 0.25) is 0 Å². The SMILES string of the molecule is CCC(CCl)Cc1ccns1. The number of rotatable bonds is 4. The van der Waals surface area contributed by atoms with E-state index in [1.54, 1.807) is 11.5 Å². The van der Waals surface area contributed by atoms with Crippen LogP contribution in [-0.4, -0.2) is 10.3 Å². The summed E-state index contributed by atoms with van der Waals surface area (Å²) < 4.78 is 4.04. The maximum Gasteiger partial charge on any atom is 0.0409 e. The number of hydrogen-bond donors (Lipinski definition) is 0. The van der Waals surface area contributed by atoms with Gasteiger partial charge in [0.2, 0.25) is 0 Å². The fourth-order valence-electron chi connectivity index (χ4n) is 0.940. The molecule has 1 aromatic rings. The first-order valence-corrected chi connectivity index (χ1v) is 5.13. The first kappa shape index (κ1) is 9.01. The van der Waals surface area contributed by atoms with Crippen molar-refractivity contribution in [3.05, 3.63) is 17.1 Å². The van der Waals surface area contributed by atoms with Crippen molar-refractivity contribution in [3.63, 3.8) is 0 Å². The van der Waals surface area contributed by atoms with E-state index < -0.39 is 0 Å². The second-order valence-corrected chi connectivity index (χ2v) is 3.84. The Balaban J connectivity index is 2.41. The minimum Gasteiger partial charge on any atom is -0.201 e. The third-order valence-electron chi connectivity index (χ3n) is 1.78. The van der Waals surface area contributed by atoms with Gasteiger partial charge in [-0.3, -0.25) is 0 Å². The summed E-state index contributed by atoms with van der Waals surface area (Å²) in [7, 11) is 0. The van der Waals surface area contributed by atoms with Gasteiger partial charge in [-0.05, 0) is 29.9 Å². The molecule has 1 unspecified atom stereocenters. The number of alkyl halides is 1. The lowest BCUT2D eigenvalue weighted by Crippen LogP contribution is -2.03. The molecule has 0 bridgehead atoms. The zero-order chi connectivity index (χ0) is 8.10. The summed E-state index contributed by atoms with van der Waals surface area (Å²) in [6.07, 6.45) is 4.09. The molecule has 0 radical (unpaired) electrons. The minimum absolute atomic E-state index is 0.622. The molecule has 62 valence electrons. The van der Waals surface area contributed by atoms with Crippen LogP contribution in [-0.2, 0) is 6.42 Å². The van der Waals surface area contributed by atoms with Gasteiger partial charge in [-0.25, -0.2) is 4.37 Å². The summed E-state index contributed by atoms with van der Waals surface area (Å²) in [4.78, 5) is 1.34. The van der Waals surface area contributed by atoms with Crippen molar-refractivity contribution in [2.45, 2.75) is 19.8 Å². The largest absolute Gasteiger partial charge is 0.201 e. The molecular formula is C8H12ClNS. The molecule has 0 fully saturated rings. The summed E-state index contributed by atoms with van der Waals surface area (Å²) in [5.74, 6) is 1.38. The number of aromatic nitrogens is 1. The van der Waals surface area contributed by atoms with E-state index in [-0.39, 0.29) is 0 Å². The van der Waals surface area contributed by atoms with Gasteiger partial charge in [-0.2, -0.15) is 0 Å². The highest BCUT2D eigenvalue weighted by molar-refractivity contribution is 7.05. The minimum atomic E-state index is 0.622. The van der Waals surface area contributed by atoms with E-state index in [4.69, 9.17) is 11.6 Å². The summed E-state index contributed by atoms with van der Waals surface area (Å²) >= 11 is 7.34. The van der Waals surface area contributed by atoms with Gasteiger partial charge in [-0.1, -0.05) is 13.3 Å². The van der Waals surface area contributed by atoms with Gasteiger partial charge < -0.3 is 0 Å². The molecule has 1 nitrogen and oxygen atoms in total. The quantitative estimate of drug-likeness (QED) is 0.664. The van der Waals surface area contributed by atoms with Gasteiger partial charge in [0, 0.05) is 17.0 Å². The van der Waals surface area contributed by atoms with Gasteiger partial charge in [0.05, 0.1) is 0 Å².